The topological polar surface area (TPSA) is 75.8 Å². The quantitative estimate of drug-likeness (QED) is 0.504. The highest BCUT2D eigenvalue weighted by Gasteiger charge is 2.51. The Bertz CT molecular complexity index is 845. The summed E-state index contributed by atoms with van der Waals surface area (Å²) in [5.74, 6) is 1.89. The number of nitrogens with one attached hydrogen (secondary N) is 4. The Morgan fingerprint density at radius 1 is 0.972 bits per heavy atom. The minimum Gasteiger partial charge on any atom is -0.492 e. The van der Waals surface area contributed by atoms with Crippen LogP contribution in [0.2, 0.25) is 0 Å². The second-order valence-corrected chi connectivity index (χ2v) is 11.3. The van der Waals surface area contributed by atoms with Crippen LogP contribution >= 0.6 is 0 Å². The second-order valence-electron chi connectivity index (χ2n) is 11.3. The van der Waals surface area contributed by atoms with Gasteiger partial charge in [0.25, 0.3) is 0 Å². The molecule has 0 saturated carbocycles. The highest BCUT2D eigenvalue weighted by Crippen LogP contribution is 2.39. The van der Waals surface area contributed by atoms with Crippen molar-refractivity contribution in [3.05, 3.63) is 24.0 Å². The van der Waals surface area contributed by atoms with E-state index >= 15 is 0 Å². The highest BCUT2D eigenvalue weighted by molar-refractivity contribution is 5.58. The molecule has 0 spiro atoms. The fraction of sp³-hybridized carbons (Fsp3) is 0.786. The minimum atomic E-state index is -0.332. The fourth-order valence-electron chi connectivity index (χ4n) is 6.99. The summed E-state index contributed by atoms with van der Waals surface area (Å²) in [7, 11) is 1.54. The van der Waals surface area contributed by atoms with Gasteiger partial charge in [-0.25, -0.2) is 4.39 Å². The Balaban J connectivity index is 1.43. The van der Waals surface area contributed by atoms with Crippen molar-refractivity contribution < 1.29 is 18.6 Å². The number of anilines is 1. The lowest BCUT2D eigenvalue weighted by Gasteiger charge is -2.39. The van der Waals surface area contributed by atoms with Crippen LogP contribution in [0, 0.1) is 29.5 Å². The molecular weight excluding hydrogens is 459 g/mol. The van der Waals surface area contributed by atoms with Crippen LogP contribution in [0.25, 0.3) is 0 Å². The summed E-state index contributed by atoms with van der Waals surface area (Å²) in [5, 5.41) is 15.1. The lowest BCUT2D eigenvalue weighted by molar-refractivity contribution is -0.0170. The zero-order valence-corrected chi connectivity index (χ0v) is 21.9. The maximum Gasteiger partial charge on any atom is 0.177 e. The molecule has 36 heavy (non-hydrogen) atoms. The number of piperidine rings is 2. The van der Waals surface area contributed by atoms with Crippen LogP contribution in [0.3, 0.4) is 0 Å². The van der Waals surface area contributed by atoms with Gasteiger partial charge in [-0.05, 0) is 69.2 Å². The van der Waals surface area contributed by atoms with E-state index in [9.17, 15) is 4.39 Å². The van der Waals surface area contributed by atoms with Crippen LogP contribution in [-0.4, -0.2) is 77.3 Å². The molecule has 4 saturated heterocycles. The van der Waals surface area contributed by atoms with E-state index < -0.39 is 0 Å². The van der Waals surface area contributed by atoms with Gasteiger partial charge in [-0.1, -0.05) is 13.0 Å². The van der Waals surface area contributed by atoms with Crippen molar-refractivity contribution in [2.24, 2.45) is 23.7 Å². The van der Waals surface area contributed by atoms with Crippen molar-refractivity contribution in [1.29, 1.82) is 0 Å². The Morgan fingerprint density at radius 3 is 2.75 bits per heavy atom. The van der Waals surface area contributed by atoms with E-state index in [0.29, 0.717) is 35.5 Å². The maximum atomic E-state index is 14.6. The molecule has 202 valence electrons. The molecule has 1 aromatic rings. The molecule has 0 amide bonds. The van der Waals surface area contributed by atoms with Crippen molar-refractivity contribution in [1.82, 2.24) is 16.0 Å². The Labute approximate surface area is 215 Å². The third kappa shape index (κ3) is 5.83. The van der Waals surface area contributed by atoms with Gasteiger partial charge in [0.2, 0.25) is 0 Å². The number of fused-ring (bicyclic) bond motifs is 3. The second kappa shape index (κ2) is 12.4. The molecule has 4 N–H and O–H groups in total. The number of hydrogen-bond acceptors (Lipinski definition) is 7. The van der Waals surface area contributed by atoms with Gasteiger partial charge in [0.15, 0.2) is 11.6 Å². The zero-order valence-electron chi connectivity index (χ0n) is 21.9. The predicted molar refractivity (Wildman–Crippen MR) is 140 cm³/mol. The minimum absolute atomic E-state index is 0.145. The standard InChI is InChI=1S/C28H45FN4O3/c1-18-5-4-12-36-24-17-30-11-8-20(24)26-27(32-23-7-3-6-22(29)28(23)34-2)21-16-31-15-19(25(21)33-26)10-14-35-13-9-18/h3,6-7,18-21,24-27,30-33H,4-5,8-17H2,1-2H3. The molecule has 0 radical (unpaired) electrons. The van der Waals surface area contributed by atoms with Gasteiger partial charge in [-0.3, -0.25) is 0 Å². The number of hydrogen-bond donors (Lipinski definition) is 4. The lowest BCUT2D eigenvalue weighted by Crippen LogP contribution is -2.54. The molecule has 8 unspecified atom stereocenters. The van der Waals surface area contributed by atoms with Crippen molar-refractivity contribution in [3.8, 4) is 5.75 Å². The normalized spacial score (nSPS) is 38.2. The van der Waals surface area contributed by atoms with Gasteiger partial charge in [0.05, 0.1) is 18.9 Å². The summed E-state index contributed by atoms with van der Waals surface area (Å²) in [6, 6.07) is 5.91. The van der Waals surface area contributed by atoms with Crippen molar-refractivity contribution >= 4 is 5.69 Å². The molecule has 8 heteroatoms. The van der Waals surface area contributed by atoms with Gasteiger partial charge >= 0.3 is 0 Å². The molecular formula is C28H45FN4O3. The average molecular weight is 505 g/mol. The van der Waals surface area contributed by atoms with Crippen molar-refractivity contribution in [2.45, 2.75) is 63.3 Å². The van der Waals surface area contributed by atoms with Crippen LogP contribution in [0.15, 0.2) is 18.2 Å². The lowest BCUT2D eigenvalue weighted by atomic mass is 9.78. The molecule has 8 atom stereocenters. The molecule has 4 heterocycles. The first-order chi connectivity index (χ1) is 17.7. The Hall–Kier alpha value is -1.45. The van der Waals surface area contributed by atoms with Crippen LogP contribution < -0.4 is 26.0 Å². The number of methoxy groups -OCH3 is 1. The van der Waals surface area contributed by atoms with Crippen LogP contribution in [0.5, 0.6) is 5.75 Å². The summed E-state index contributed by atoms with van der Waals surface area (Å²) in [4.78, 5) is 0. The van der Waals surface area contributed by atoms with E-state index in [-0.39, 0.29) is 24.0 Å². The molecule has 4 fully saturated rings. The Kier molecular flexibility index (Phi) is 9.01. The molecule has 2 bridgehead atoms. The number of halogens is 1. The SMILES string of the molecule is COc1c(F)cccc1NC1C2CNCC3CCOCCC(C)CCCOC4CNCCC4C1NC32. The number of ether oxygens (including phenoxy) is 3. The number of para-hydroxylation sites is 1. The van der Waals surface area contributed by atoms with E-state index in [1.807, 2.05) is 6.07 Å². The van der Waals surface area contributed by atoms with Gasteiger partial charge in [0, 0.05) is 62.9 Å². The van der Waals surface area contributed by atoms with E-state index in [1.165, 1.54) is 12.5 Å². The summed E-state index contributed by atoms with van der Waals surface area (Å²) in [6.45, 7) is 8.60. The molecule has 4 aliphatic rings. The highest BCUT2D eigenvalue weighted by atomic mass is 19.1. The van der Waals surface area contributed by atoms with Gasteiger partial charge in [0.1, 0.15) is 0 Å². The van der Waals surface area contributed by atoms with E-state index in [4.69, 9.17) is 14.2 Å². The largest absolute Gasteiger partial charge is 0.492 e. The first-order valence-electron chi connectivity index (χ1n) is 14.1. The fourth-order valence-corrected chi connectivity index (χ4v) is 6.99. The third-order valence-electron chi connectivity index (χ3n) is 8.98. The van der Waals surface area contributed by atoms with E-state index in [1.54, 1.807) is 13.2 Å². The summed E-state index contributed by atoms with van der Waals surface area (Å²) in [5.41, 5.74) is 0.728. The zero-order chi connectivity index (χ0) is 24.9. The Morgan fingerprint density at radius 2 is 1.86 bits per heavy atom. The first-order valence-corrected chi connectivity index (χ1v) is 14.1. The summed E-state index contributed by atoms with van der Waals surface area (Å²) < 4.78 is 32.7. The van der Waals surface area contributed by atoms with Crippen molar-refractivity contribution in [2.75, 3.05) is 58.4 Å². The van der Waals surface area contributed by atoms with Crippen LogP contribution in [-0.2, 0) is 9.47 Å². The third-order valence-corrected chi connectivity index (χ3v) is 8.98. The maximum absolute atomic E-state index is 14.6. The van der Waals surface area contributed by atoms with E-state index in [0.717, 1.165) is 77.4 Å². The first kappa shape index (κ1) is 26.2. The van der Waals surface area contributed by atoms with Gasteiger partial charge in [-0.2, -0.15) is 0 Å². The number of rotatable bonds is 3. The molecule has 4 aliphatic heterocycles. The van der Waals surface area contributed by atoms with Crippen molar-refractivity contribution in [3.63, 3.8) is 0 Å². The monoisotopic (exact) mass is 504 g/mol. The summed E-state index contributed by atoms with van der Waals surface area (Å²) in [6.07, 6.45) is 5.66. The average Bonchev–Trinajstić information content (AvgIpc) is 3.25. The predicted octanol–water partition coefficient (Wildman–Crippen LogP) is 3.01. The van der Waals surface area contributed by atoms with Gasteiger partial charge in [-0.15, -0.1) is 0 Å². The molecule has 1 aromatic carbocycles. The molecule has 5 rings (SSSR count). The van der Waals surface area contributed by atoms with Gasteiger partial charge < -0.3 is 35.5 Å². The molecule has 0 aliphatic carbocycles. The van der Waals surface area contributed by atoms with Crippen LogP contribution in [0.4, 0.5) is 10.1 Å². The smallest absolute Gasteiger partial charge is 0.177 e. The molecule has 0 aromatic heterocycles. The van der Waals surface area contributed by atoms with E-state index in [2.05, 4.69) is 28.2 Å². The number of benzene rings is 1. The molecule has 7 nitrogen and oxygen atoms in total. The summed E-state index contributed by atoms with van der Waals surface area (Å²) >= 11 is 0. The van der Waals surface area contributed by atoms with Crippen LogP contribution in [0.1, 0.15) is 39.0 Å².